The number of esters is 1. The molecule has 2 rings (SSSR count). The largest absolute Gasteiger partial charge is 0.449 e. The summed E-state index contributed by atoms with van der Waals surface area (Å²) in [6, 6.07) is -0.516. The van der Waals surface area contributed by atoms with E-state index in [1.54, 1.807) is 6.92 Å². The Morgan fingerprint density at radius 1 is 1.11 bits per heavy atom. The molecule has 0 aromatic carbocycles. The second-order valence-corrected chi connectivity index (χ2v) is 8.24. The van der Waals surface area contributed by atoms with Crippen LogP contribution in [0.1, 0.15) is 66.8 Å². The molecule has 9 heteroatoms. The molecule has 1 saturated carbocycles. The van der Waals surface area contributed by atoms with Gasteiger partial charge in [0.1, 0.15) is 5.00 Å². The highest BCUT2D eigenvalue weighted by atomic mass is 32.1. The third kappa shape index (κ3) is 5.79. The topological polar surface area (TPSA) is 114 Å². The molecule has 1 fully saturated rings. The zero-order valence-electron chi connectivity index (χ0n) is 16.6. The van der Waals surface area contributed by atoms with Crippen LogP contribution in [0.2, 0.25) is 0 Å². The molecule has 1 heterocycles. The van der Waals surface area contributed by atoms with Gasteiger partial charge in [-0.3, -0.25) is 14.9 Å². The van der Waals surface area contributed by atoms with Gasteiger partial charge in [-0.1, -0.05) is 19.3 Å². The van der Waals surface area contributed by atoms with Crippen LogP contribution in [0.4, 0.5) is 9.80 Å². The summed E-state index contributed by atoms with van der Waals surface area (Å²) in [7, 11) is 0. The third-order valence-electron chi connectivity index (χ3n) is 4.71. The van der Waals surface area contributed by atoms with Crippen molar-refractivity contribution in [2.45, 2.75) is 71.9 Å². The van der Waals surface area contributed by atoms with Crippen LogP contribution in [0.25, 0.3) is 0 Å². The van der Waals surface area contributed by atoms with Crippen LogP contribution in [0.15, 0.2) is 0 Å². The molecule has 0 unspecified atom stereocenters. The Labute approximate surface area is 168 Å². The Balaban J connectivity index is 1.95. The van der Waals surface area contributed by atoms with Crippen molar-refractivity contribution in [2.75, 3.05) is 5.32 Å². The van der Waals surface area contributed by atoms with E-state index >= 15 is 0 Å². The van der Waals surface area contributed by atoms with E-state index in [1.807, 2.05) is 6.92 Å². The van der Waals surface area contributed by atoms with Gasteiger partial charge in [0, 0.05) is 17.8 Å². The zero-order chi connectivity index (χ0) is 20.8. The van der Waals surface area contributed by atoms with Gasteiger partial charge in [-0.2, -0.15) is 0 Å². The van der Waals surface area contributed by atoms with Crippen LogP contribution >= 0.6 is 11.3 Å². The molecule has 1 atom stereocenters. The second-order valence-electron chi connectivity index (χ2n) is 7.01. The lowest BCUT2D eigenvalue weighted by molar-refractivity contribution is -0.128. The van der Waals surface area contributed by atoms with E-state index in [2.05, 4.69) is 16.0 Å². The predicted octanol–water partition coefficient (Wildman–Crippen LogP) is 3.03. The summed E-state index contributed by atoms with van der Waals surface area (Å²) < 4.78 is 5.23. The van der Waals surface area contributed by atoms with E-state index in [1.165, 1.54) is 25.2 Å². The first kappa shape index (κ1) is 21.9. The molecule has 1 aliphatic carbocycles. The highest BCUT2D eigenvalue weighted by Crippen LogP contribution is 2.33. The summed E-state index contributed by atoms with van der Waals surface area (Å²) in [5, 5.41) is 7.99. The lowest BCUT2D eigenvalue weighted by Crippen LogP contribution is -2.48. The number of thiophene rings is 1. The van der Waals surface area contributed by atoms with Gasteiger partial charge in [0.15, 0.2) is 6.10 Å². The van der Waals surface area contributed by atoms with Crippen LogP contribution < -0.4 is 16.0 Å². The van der Waals surface area contributed by atoms with Crippen LogP contribution in [0.3, 0.4) is 0 Å². The Morgan fingerprint density at radius 2 is 1.75 bits per heavy atom. The molecule has 4 amide bonds. The summed E-state index contributed by atoms with van der Waals surface area (Å²) in [5.74, 6) is -1.73. The molecular weight excluding hydrogens is 382 g/mol. The van der Waals surface area contributed by atoms with Crippen LogP contribution in [-0.2, 0) is 14.3 Å². The molecule has 0 saturated heterocycles. The van der Waals surface area contributed by atoms with Gasteiger partial charge < -0.3 is 15.4 Å². The molecule has 3 N–H and O–H groups in total. The number of hydrogen-bond acceptors (Lipinski definition) is 6. The molecule has 0 aliphatic heterocycles. The number of anilines is 1. The fraction of sp³-hybridized carbons (Fsp3) is 0.579. The summed E-state index contributed by atoms with van der Waals surface area (Å²) in [6.07, 6.45) is 3.91. The van der Waals surface area contributed by atoms with E-state index in [9.17, 15) is 19.2 Å². The highest BCUT2D eigenvalue weighted by Gasteiger charge is 2.27. The smallest absolute Gasteiger partial charge is 0.342 e. The molecular formula is C19H27N3O5S. The molecule has 0 spiro atoms. The standard InChI is InChI=1S/C19H27N3O5S/c1-10-12(3)28-17(20-13(4)23)15(10)18(25)27-11(2)16(24)22-19(26)21-14-8-6-5-7-9-14/h11,14H,5-9H2,1-4H3,(H,20,23)(H2,21,22,24,26)/t11-/m0/s1. The lowest BCUT2D eigenvalue weighted by atomic mass is 9.96. The first-order valence-corrected chi connectivity index (χ1v) is 10.2. The molecule has 154 valence electrons. The number of carbonyl (C=O) groups excluding carboxylic acids is 4. The minimum absolute atomic E-state index is 0.0658. The molecule has 28 heavy (non-hydrogen) atoms. The Kier molecular flexibility index (Phi) is 7.56. The minimum Gasteiger partial charge on any atom is -0.449 e. The number of aryl methyl sites for hydroxylation is 1. The Hall–Kier alpha value is -2.42. The molecule has 1 aliphatic rings. The monoisotopic (exact) mass is 409 g/mol. The number of carbonyl (C=O) groups is 4. The second kappa shape index (κ2) is 9.68. The van der Waals surface area contributed by atoms with E-state index in [0.29, 0.717) is 10.6 Å². The van der Waals surface area contributed by atoms with E-state index in [-0.39, 0.29) is 17.5 Å². The Bertz CT molecular complexity index is 768. The molecule has 0 bridgehead atoms. The van der Waals surface area contributed by atoms with Crippen molar-refractivity contribution in [3.8, 4) is 0 Å². The fourth-order valence-electron chi connectivity index (χ4n) is 3.08. The highest BCUT2D eigenvalue weighted by molar-refractivity contribution is 7.16. The summed E-state index contributed by atoms with van der Waals surface area (Å²) >= 11 is 1.27. The van der Waals surface area contributed by atoms with Crippen molar-refractivity contribution in [3.63, 3.8) is 0 Å². The van der Waals surface area contributed by atoms with Crippen molar-refractivity contribution in [1.29, 1.82) is 0 Å². The van der Waals surface area contributed by atoms with Gasteiger partial charge in [-0.05, 0) is 39.2 Å². The summed E-state index contributed by atoms with van der Waals surface area (Å²) in [4.78, 5) is 49.0. The van der Waals surface area contributed by atoms with Crippen molar-refractivity contribution in [3.05, 3.63) is 16.0 Å². The average molecular weight is 410 g/mol. The minimum atomic E-state index is -1.16. The van der Waals surface area contributed by atoms with Crippen LogP contribution in [0, 0.1) is 13.8 Å². The number of nitrogens with one attached hydrogen (secondary N) is 3. The quantitative estimate of drug-likeness (QED) is 0.647. The number of imide groups is 1. The summed E-state index contributed by atoms with van der Waals surface area (Å²) in [5.41, 5.74) is 0.908. The van der Waals surface area contributed by atoms with Crippen LogP contribution in [-0.4, -0.2) is 36.0 Å². The first-order chi connectivity index (χ1) is 13.2. The molecule has 1 aromatic rings. The van der Waals surface area contributed by atoms with Gasteiger partial charge in [0.25, 0.3) is 5.91 Å². The number of amides is 4. The lowest BCUT2D eigenvalue weighted by Gasteiger charge is -2.23. The van der Waals surface area contributed by atoms with Crippen molar-refractivity contribution >= 4 is 40.2 Å². The molecule has 1 aromatic heterocycles. The number of hydrogen-bond donors (Lipinski definition) is 3. The predicted molar refractivity (Wildman–Crippen MR) is 107 cm³/mol. The maximum Gasteiger partial charge on any atom is 0.342 e. The van der Waals surface area contributed by atoms with E-state index in [4.69, 9.17) is 4.74 Å². The Morgan fingerprint density at radius 3 is 2.36 bits per heavy atom. The van der Waals surface area contributed by atoms with Gasteiger partial charge in [0.2, 0.25) is 5.91 Å². The van der Waals surface area contributed by atoms with Gasteiger partial charge >= 0.3 is 12.0 Å². The number of urea groups is 1. The third-order valence-corrected chi connectivity index (χ3v) is 5.83. The average Bonchev–Trinajstić information content (AvgIpc) is 2.88. The van der Waals surface area contributed by atoms with Crippen LogP contribution in [0.5, 0.6) is 0 Å². The maximum absolute atomic E-state index is 12.6. The molecule has 0 radical (unpaired) electrons. The van der Waals surface area contributed by atoms with Gasteiger partial charge in [-0.25, -0.2) is 9.59 Å². The SMILES string of the molecule is CC(=O)Nc1sc(C)c(C)c1C(=O)O[C@@H](C)C(=O)NC(=O)NC1CCCCC1. The van der Waals surface area contributed by atoms with Crippen molar-refractivity contribution in [2.24, 2.45) is 0 Å². The summed E-state index contributed by atoms with van der Waals surface area (Å²) in [6.45, 7) is 6.32. The van der Waals surface area contributed by atoms with Gasteiger partial charge in [-0.15, -0.1) is 11.3 Å². The fourth-order valence-corrected chi connectivity index (χ4v) is 4.17. The zero-order valence-corrected chi connectivity index (χ0v) is 17.5. The number of ether oxygens (including phenoxy) is 1. The van der Waals surface area contributed by atoms with Gasteiger partial charge in [0.05, 0.1) is 5.56 Å². The first-order valence-electron chi connectivity index (χ1n) is 9.39. The number of rotatable bonds is 5. The normalized spacial score (nSPS) is 15.4. The molecule has 8 nitrogen and oxygen atoms in total. The maximum atomic E-state index is 12.6. The van der Waals surface area contributed by atoms with E-state index in [0.717, 1.165) is 37.0 Å². The van der Waals surface area contributed by atoms with Crippen molar-refractivity contribution < 1.29 is 23.9 Å². The van der Waals surface area contributed by atoms with Crippen molar-refractivity contribution in [1.82, 2.24) is 10.6 Å². The van der Waals surface area contributed by atoms with E-state index < -0.39 is 24.0 Å².